The first-order valence-electron chi connectivity index (χ1n) is 11.2. The third kappa shape index (κ3) is 15.6. The maximum atomic E-state index is 12.6. The number of hydrogen-bond donors (Lipinski definition) is 4. The molecule has 0 aliphatic rings. The van der Waals surface area contributed by atoms with Crippen LogP contribution in [0.1, 0.15) is 85.0 Å². The zero-order valence-electron chi connectivity index (χ0n) is 18.8. The van der Waals surface area contributed by atoms with Crippen LogP contribution in [-0.4, -0.2) is 40.6 Å². The number of aliphatic hydroxyl groups excluding tert-OH is 1. The molecule has 2 amide bonds. The lowest BCUT2D eigenvalue weighted by molar-refractivity contribution is -0.137. The summed E-state index contributed by atoms with van der Waals surface area (Å²) in [5.74, 6) is -1.24. The predicted molar refractivity (Wildman–Crippen MR) is 119 cm³/mol. The number of aliphatic hydroxyl groups is 1. The van der Waals surface area contributed by atoms with Crippen LogP contribution in [0.5, 0.6) is 0 Å². The first-order chi connectivity index (χ1) is 14.3. The molecule has 4 N–H and O–H groups in total. The number of hydrogen-bond acceptors (Lipinski definition) is 4. The minimum Gasteiger partial charge on any atom is -0.508 e. The smallest absolute Gasteiger partial charge is 0.303 e. The second-order valence-electron chi connectivity index (χ2n) is 7.68. The summed E-state index contributed by atoms with van der Waals surface area (Å²) in [6.07, 6.45) is 12.1. The van der Waals surface area contributed by atoms with Crippen LogP contribution in [-0.2, 0) is 14.4 Å². The largest absolute Gasteiger partial charge is 0.508 e. The Balaban J connectivity index is 4.77. The molecule has 0 saturated heterocycles. The Kier molecular flexibility index (Phi) is 16.2. The molecule has 0 aromatic heterocycles. The molecule has 0 aliphatic heterocycles. The van der Waals surface area contributed by atoms with Gasteiger partial charge in [-0.05, 0) is 43.8 Å². The standard InChI is InChI=1S/C23H40N2O5/c1-4-6-7-8-9-12-21(27)25-20(23(30)24-16-10-13-22(28)29)17-18(3)14-15-19(26)11-5-2/h11,14-15,18,20,26H,4-10,12-13,16-17H2,1-3H3,(H,24,30)(H,25,27)(H,28,29)/b15-14-,19-11+. The molecule has 0 bridgehead atoms. The Morgan fingerprint density at radius 1 is 0.967 bits per heavy atom. The van der Waals surface area contributed by atoms with Gasteiger partial charge >= 0.3 is 5.97 Å². The van der Waals surface area contributed by atoms with E-state index in [0.717, 1.165) is 38.5 Å². The summed E-state index contributed by atoms with van der Waals surface area (Å²) in [6, 6.07) is -0.699. The highest BCUT2D eigenvalue weighted by atomic mass is 16.4. The lowest BCUT2D eigenvalue weighted by Gasteiger charge is -2.20. The Morgan fingerprint density at radius 3 is 2.30 bits per heavy atom. The molecular weight excluding hydrogens is 384 g/mol. The molecule has 0 rings (SSSR count). The lowest BCUT2D eigenvalue weighted by atomic mass is 9.99. The number of rotatable bonds is 17. The molecule has 0 radical (unpaired) electrons. The van der Waals surface area contributed by atoms with Gasteiger partial charge in [-0.25, -0.2) is 0 Å². The van der Waals surface area contributed by atoms with Crippen molar-refractivity contribution in [3.8, 4) is 0 Å². The number of carbonyl (C=O) groups excluding carboxylic acids is 2. The van der Waals surface area contributed by atoms with Crippen molar-refractivity contribution >= 4 is 17.8 Å². The van der Waals surface area contributed by atoms with Crippen molar-refractivity contribution < 1.29 is 24.6 Å². The molecule has 7 heteroatoms. The van der Waals surface area contributed by atoms with Gasteiger partial charge < -0.3 is 20.8 Å². The van der Waals surface area contributed by atoms with Crippen molar-refractivity contribution in [3.05, 3.63) is 24.0 Å². The molecule has 0 fully saturated rings. The van der Waals surface area contributed by atoms with E-state index >= 15 is 0 Å². The van der Waals surface area contributed by atoms with Crippen LogP contribution < -0.4 is 10.6 Å². The van der Waals surface area contributed by atoms with Gasteiger partial charge in [0.15, 0.2) is 0 Å². The van der Waals surface area contributed by atoms with Gasteiger partial charge in [-0.2, -0.15) is 0 Å². The zero-order valence-corrected chi connectivity index (χ0v) is 18.8. The number of aliphatic carboxylic acids is 1. The highest BCUT2D eigenvalue weighted by molar-refractivity contribution is 5.87. The van der Waals surface area contributed by atoms with Crippen molar-refractivity contribution in [1.29, 1.82) is 0 Å². The monoisotopic (exact) mass is 424 g/mol. The quantitative estimate of drug-likeness (QED) is 0.158. The Bertz CT molecular complexity index is 572. The second-order valence-corrected chi connectivity index (χ2v) is 7.68. The van der Waals surface area contributed by atoms with Crippen LogP contribution in [0.15, 0.2) is 24.0 Å². The van der Waals surface area contributed by atoms with Crippen molar-refractivity contribution in [2.45, 2.75) is 91.0 Å². The number of nitrogens with one attached hydrogen (secondary N) is 2. The number of carbonyl (C=O) groups is 3. The van der Waals surface area contributed by atoms with Crippen LogP contribution in [0.25, 0.3) is 0 Å². The summed E-state index contributed by atoms with van der Waals surface area (Å²) in [6.45, 7) is 6.23. The predicted octanol–water partition coefficient (Wildman–Crippen LogP) is 4.25. The molecule has 2 atom stereocenters. The average molecular weight is 425 g/mol. The van der Waals surface area contributed by atoms with E-state index in [1.54, 1.807) is 12.2 Å². The fourth-order valence-corrected chi connectivity index (χ4v) is 2.95. The first kappa shape index (κ1) is 27.7. The molecule has 2 unspecified atom stereocenters. The SMILES string of the molecule is CC/C=C(O)\C=C/C(C)CC(NC(=O)CCCCCCC)C(=O)NCCCC(=O)O. The van der Waals surface area contributed by atoms with Crippen LogP contribution in [0.4, 0.5) is 0 Å². The van der Waals surface area contributed by atoms with Crippen LogP contribution in [0, 0.1) is 5.92 Å². The second kappa shape index (κ2) is 17.5. The molecule has 0 heterocycles. The average Bonchev–Trinajstić information content (AvgIpc) is 2.69. The maximum Gasteiger partial charge on any atom is 0.303 e. The number of allylic oxidation sites excluding steroid dienone is 3. The summed E-state index contributed by atoms with van der Waals surface area (Å²) in [4.78, 5) is 35.5. The summed E-state index contributed by atoms with van der Waals surface area (Å²) in [5.41, 5.74) is 0. The Hall–Kier alpha value is -2.31. The van der Waals surface area contributed by atoms with E-state index in [1.165, 1.54) is 0 Å². The van der Waals surface area contributed by atoms with Gasteiger partial charge in [0, 0.05) is 19.4 Å². The van der Waals surface area contributed by atoms with E-state index in [2.05, 4.69) is 17.6 Å². The fourth-order valence-electron chi connectivity index (χ4n) is 2.95. The van der Waals surface area contributed by atoms with E-state index in [-0.39, 0.29) is 36.5 Å². The maximum absolute atomic E-state index is 12.6. The normalized spacial score (nSPS) is 13.8. The molecular formula is C23H40N2O5. The van der Waals surface area contributed by atoms with E-state index in [9.17, 15) is 19.5 Å². The molecule has 0 saturated carbocycles. The minimum atomic E-state index is -0.907. The molecule has 0 spiro atoms. The highest BCUT2D eigenvalue weighted by Gasteiger charge is 2.22. The van der Waals surface area contributed by atoms with Gasteiger partial charge in [-0.3, -0.25) is 14.4 Å². The summed E-state index contributed by atoms with van der Waals surface area (Å²) >= 11 is 0. The summed E-state index contributed by atoms with van der Waals surface area (Å²) < 4.78 is 0. The van der Waals surface area contributed by atoms with Crippen molar-refractivity contribution in [3.63, 3.8) is 0 Å². The third-order valence-corrected chi connectivity index (χ3v) is 4.64. The summed E-state index contributed by atoms with van der Waals surface area (Å²) in [7, 11) is 0. The summed E-state index contributed by atoms with van der Waals surface area (Å²) in [5, 5.41) is 24.0. The van der Waals surface area contributed by atoms with Gasteiger partial charge in [0.2, 0.25) is 11.8 Å². The minimum absolute atomic E-state index is 0.0166. The Morgan fingerprint density at radius 2 is 1.67 bits per heavy atom. The van der Waals surface area contributed by atoms with Crippen molar-refractivity contribution in [2.24, 2.45) is 5.92 Å². The van der Waals surface area contributed by atoms with Crippen LogP contribution >= 0.6 is 0 Å². The first-order valence-corrected chi connectivity index (χ1v) is 11.2. The van der Waals surface area contributed by atoms with Gasteiger partial charge in [0.1, 0.15) is 11.8 Å². The van der Waals surface area contributed by atoms with Gasteiger partial charge in [-0.15, -0.1) is 0 Å². The third-order valence-electron chi connectivity index (χ3n) is 4.64. The fraction of sp³-hybridized carbons (Fsp3) is 0.696. The zero-order chi connectivity index (χ0) is 22.8. The van der Waals surface area contributed by atoms with Crippen LogP contribution in [0.3, 0.4) is 0 Å². The molecule has 0 aromatic carbocycles. The molecule has 7 nitrogen and oxygen atoms in total. The van der Waals surface area contributed by atoms with Gasteiger partial charge in [-0.1, -0.05) is 52.5 Å². The topological polar surface area (TPSA) is 116 Å². The van der Waals surface area contributed by atoms with Crippen LogP contribution in [0.2, 0.25) is 0 Å². The van der Waals surface area contributed by atoms with E-state index in [1.807, 2.05) is 19.9 Å². The molecule has 30 heavy (non-hydrogen) atoms. The number of amides is 2. The number of carboxylic acids is 1. The van der Waals surface area contributed by atoms with Crippen molar-refractivity contribution in [1.82, 2.24) is 10.6 Å². The molecule has 0 aliphatic carbocycles. The van der Waals surface area contributed by atoms with Gasteiger partial charge in [0.25, 0.3) is 0 Å². The number of unbranched alkanes of at least 4 members (excludes halogenated alkanes) is 4. The molecule has 172 valence electrons. The van der Waals surface area contributed by atoms with E-state index in [0.29, 0.717) is 19.3 Å². The van der Waals surface area contributed by atoms with E-state index < -0.39 is 12.0 Å². The Labute approximate surface area is 181 Å². The van der Waals surface area contributed by atoms with Crippen molar-refractivity contribution in [2.75, 3.05) is 6.54 Å². The highest BCUT2D eigenvalue weighted by Crippen LogP contribution is 2.11. The van der Waals surface area contributed by atoms with Gasteiger partial charge in [0.05, 0.1) is 0 Å². The molecule has 0 aromatic rings. The number of carboxylic acid groups (broad SMARTS) is 1. The lowest BCUT2D eigenvalue weighted by Crippen LogP contribution is -2.47. The van der Waals surface area contributed by atoms with E-state index in [4.69, 9.17) is 5.11 Å².